The molecule has 0 atom stereocenters. The number of rotatable bonds is 12. The molecule has 1 aromatic heterocycles. The number of halogens is 7. The zero-order chi connectivity index (χ0) is 27.2. The summed E-state index contributed by atoms with van der Waals surface area (Å²) in [6.45, 7) is 0.507. The van der Waals surface area contributed by atoms with Crippen LogP contribution < -0.4 is 14.8 Å². The summed E-state index contributed by atoms with van der Waals surface area (Å²) in [7, 11) is -4.25. The third kappa shape index (κ3) is 7.19. The van der Waals surface area contributed by atoms with Crippen molar-refractivity contribution >= 4 is 21.6 Å². The van der Waals surface area contributed by atoms with Gasteiger partial charge in [-0.2, -0.15) is 30.7 Å². The van der Waals surface area contributed by atoms with Crippen molar-refractivity contribution in [1.82, 2.24) is 10.3 Å². The topological polar surface area (TPSA) is 107 Å². The highest BCUT2D eigenvalue weighted by molar-refractivity contribution is 7.92. The van der Waals surface area contributed by atoms with E-state index >= 15 is 0 Å². The lowest BCUT2D eigenvalue weighted by Gasteiger charge is -2.27. The highest BCUT2D eigenvalue weighted by Crippen LogP contribution is 2.46. The number of benzene rings is 1. The number of pyridine rings is 1. The zero-order valence-corrected chi connectivity index (χ0v) is 19.2. The Bertz CT molecular complexity index is 1130. The summed E-state index contributed by atoms with van der Waals surface area (Å²) >= 11 is 0. The molecule has 0 spiro atoms. The number of aromatic nitrogens is 1. The number of anilines is 1. The molecule has 0 saturated heterocycles. The van der Waals surface area contributed by atoms with Crippen molar-refractivity contribution in [2.45, 2.75) is 29.8 Å². The van der Waals surface area contributed by atoms with Crippen LogP contribution in [0.15, 0.2) is 47.5 Å². The average molecular weight is 547 g/mol. The van der Waals surface area contributed by atoms with Crippen molar-refractivity contribution < 1.29 is 53.4 Å². The minimum atomic E-state index is -6.50. The van der Waals surface area contributed by atoms with Crippen molar-refractivity contribution in [1.29, 1.82) is 0 Å². The first-order valence-electron chi connectivity index (χ1n) is 10.0. The largest absolute Gasteiger partial charge is 0.487 e. The monoisotopic (exact) mass is 547 g/mol. The van der Waals surface area contributed by atoms with E-state index in [0.29, 0.717) is 13.2 Å². The molecule has 2 rings (SSSR count). The van der Waals surface area contributed by atoms with Crippen molar-refractivity contribution in [3.05, 3.63) is 48.3 Å². The maximum atomic E-state index is 13.3. The Balaban J connectivity index is 2.00. The highest BCUT2D eigenvalue weighted by Gasteiger charge is 2.73. The average Bonchev–Trinajstić information content (AvgIpc) is 2.80. The molecule has 0 radical (unpaired) electrons. The fourth-order valence-electron chi connectivity index (χ4n) is 2.46. The van der Waals surface area contributed by atoms with Crippen LogP contribution in [0.1, 0.15) is 17.4 Å². The maximum Gasteiger partial charge on any atom is 0.460 e. The number of alkyl halides is 7. The van der Waals surface area contributed by atoms with Crippen LogP contribution in [0.5, 0.6) is 5.75 Å². The number of carbonyl (C=O) groups is 1. The van der Waals surface area contributed by atoms with Gasteiger partial charge in [0.1, 0.15) is 11.4 Å². The highest BCUT2D eigenvalue weighted by atomic mass is 32.2. The van der Waals surface area contributed by atoms with Gasteiger partial charge < -0.3 is 14.8 Å². The van der Waals surface area contributed by atoms with E-state index in [0.717, 1.165) is 30.5 Å². The summed E-state index contributed by atoms with van der Waals surface area (Å²) in [6.07, 6.45) is -5.43. The molecule has 0 aliphatic rings. The Morgan fingerprint density at radius 1 is 1.00 bits per heavy atom. The SMILES string of the molecule is CCOCCNC(=O)c1ccc(NS(=O)(=O)c2ccc(OCC(F)(F)C(F)(F)C(F)(F)F)cc2)cn1. The van der Waals surface area contributed by atoms with E-state index in [9.17, 15) is 43.9 Å². The molecule has 1 amide bonds. The fraction of sp³-hybridized carbons (Fsp3) is 0.400. The van der Waals surface area contributed by atoms with E-state index in [1.807, 2.05) is 0 Å². The lowest BCUT2D eigenvalue weighted by Crippen LogP contribution is -2.54. The fourth-order valence-corrected chi connectivity index (χ4v) is 3.50. The van der Waals surface area contributed by atoms with Crippen LogP contribution in [0.3, 0.4) is 0 Å². The van der Waals surface area contributed by atoms with E-state index in [-0.39, 0.29) is 17.9 Å². The molecule has 0 fully saturated rings. The van der Waals surface area contributed by atoms with Gasteiger partial charge in [-0.1, -0.05) is 0 Å². The molecule has 2 aromatic rings. The Morgan fingerprint density at radius 3 is 2.17 bits per heavy atom. The Morgan fingerprint density at radius 2 is 1.64 bits per heavy atom. The predicted molar refractivity (Wildman–Crippen MR) is 112 cm³/mol. The lowest BCUT2D eigenvalue weighted by atomic mass is 10.2. The maximum absolute atomic E-state index is 13.3. The molecule has 0 unspecified atom stereocenters. The molecule has 0 bridgehead atoms. The summed E-state index contributed by atoms with van der Waals surface area (Å²) in [5, 5.41) is 2.55. The number of sulfonamides is 1. The van der Waals surface area contributed by atoms with Crippen LogP contribution in [0.25, 0.3) is 0 Å². The molecule has 1 heterocycles. The van der Waals surface area contributed by atoms with E-state index < -0.39 is 51.2 Å². The molecule has 2 N–H and O–H groups in total. The van der Waals surface area contributed by atoms with E-state index in [1.165, 1.54) is 12.1 Å². The van der Waals surface area contributed by atoms with Gasteiger partial charge in [-0.3, -0.25) is 9.52 Å². The smallest absolute Gasteiger partial charge is 0.460 e. The first-order chi connectivity index (χ1) is 16.6. The second kappa shape index (κ2) is 11.3. The first-order valence-corrected chi connectivity index (χ1v) is 11.5. The third-order valence-corrected chi connectivity index (χ3v) is 5.75. The quantitative estimate of drug-likeness (QED) is 0.309. The van der Waals surface area contributed by atoms with Gasteiger partial charge in [-0.25, -0.2) is 13.4 Å². The number of carbonyl (C=O) groups excluding carboxylic acids is 1. The summed E-state index contributed by atoms with van der Waals surface area (Å²) in [5.41, 5.74) is -0.0286. The molecule has 1 aromatic carbocycles. The van der Waals surface area contributed by atoms with Gasteiger partial charge >= 0.3 is 18.0 Å². The minimum Gasteiger partial charge on any atom is -0.487 e. The van der Waals surface area contributed by atoms with Crippen molar-refractivity contribution in [3.63, 3.8) is 0 Å². The molecule has 200 valence electrons. The zero-order valence-electron chi connectivity index (χ0n) is 18.4. The van der Waals surface area contributed by atoms with Gasteiger partial charge in [0.25, 0.3) is 15.9 Å². The van der Waals surface area contributed by atoms with Crippen LogP contribution in [0.2, 0.25) is 0 Å². The van der Waals surface area contributed by atoms with Gasteiger partial charge in [-0.15, -0.1) is 0 Å². The van der Waals surface area contributed by atoms with Crippen LogP contribution in [0.4, 0.5) is 36.4 Å². The minimum absolute atomic E-state index is 0.00357. The molecule has 0 aliphatic heterocycles. The number of ether oxygens (including phenoxy) is 2. The van der Waals surface area contributed by atoms with E-state index in [1.54, 1.807) is 6.92 Å². The first kappa shape index (κ1) is 29.1. The van der Waals surface area contributed by atoms with E-state index in [4.69, 9.17) is 4.74 Å². The van der Waals surface area contributed by atoms with Crippen molar-refractivity contribution in [3.8, 4) is 5.75 Å². The molecule has 8 nitrogen and oxygen atoms in total. The number of nitrogens with zero attached hydrogens (tertiary/aromatic N) is 1. The normalized spacial score (nSPS) is 12.8. The van der Waals surface area contributed by atoms with E-state index in [2.05, 4.69) is 19.8 Å². The Labute approximate surface area is 200 Å². The number of amides is 1. The van der Waals surface area contributed by atoms with Gasteiger partial charge in [0.05, 0.1) is 23.4 Å². The number of nitrogens with one attached hydrogen (secondary N) is 2. The van der Waals surface area contributed by atoms with Crippen LogP contribution in [0, 0.1) is 0 Å². The Hall–Kier alpha value is -3.14. The second-order valence-corrected chi connectivity index (χ2v) is 8.71. The summed E-state index contributed by atoms with van der Waals surface area (Å²) < 4.78 is 125. The second-order valence-electron chi connectivity index (χ2n) is 7.03. The van der Waals surface area contributed by atoms with Gasteiger partial charge in [0.2, 0.25) is 0 Å². The molecular formula is C20H20F7N3O5S. The van der Waals surface area contributed by atoms with Crippen molar-refractivity contribution in [2.24, 2.45) is 0 Å². The van der Waals surface area contributed by atoms with Gasteiger partial charge in [0.15, 0.2) is 6.61 Å². The number of hydrogen-bond acceptors (Lipinski definition) is 6. The van der Waals surface area contributed by atoms with Crippen LogP contribution in [-0.2, 0) is 14.8 Å². The lowest BCUT2D eigenvalue weighted by molar-refractivity contribution is -0.358. The van der Waals surface area contributed by atoms with Crippen LogP contribution >= 0.6 is 0 Å². The Kier molecular flexibility index (Phi) is 9.12. The van der Waals surface area contributed by atoms with Crippen LogP contribution in [-0.4, -0.2) is 63.7 Å². The summed E-state index contributed by atoms with van der Waals surface area (Å²) in [5.74, 6) is -13.0. The van der Waals surface area contributed by atoms with Gasteiger partial charge in [-0.05, 0) is 43.3 Å². The summed E-state index contributed by atoms with van der Waals surface area (Å²) in [6, 6.07) is 5.80. The molecule has 0 saturated carbocycles. The standard InChI is InChI=1S/C20H20F7N3O5S/c1-2-34-10-9-28-17(31)16-8-3-13(11-29-16)30-36(32,33)15-6-4-14(5-7-15)35-12-18(21,22)19(23,24)20(25,26)27/h3-8,11,30H,2,9-10,12H2,1H3,(H,28,31). The van der Waals surface area contributed by atoms with Gasteiger partial charge in [0, 0.05) is 13.2 Å². The molecular weight excluding hydrogens is 527 g/mol. The molecule has 0 aliphatic carbocycles. The summed E-state index contributed by atoms with van der Waals surface area (Å²) in [4.78, 5) is 15.4. The predicted octanol–water partition coefficient (Wildman–Crippen LogP) is 3.86. The third-order valence-electron chi connectivity index (χ3n) is 4.35. The van der Waals surface area contributed by atoms with Crippen molar-refractivity contribution in [2.75, 3.05) is 31.1 Å². The molecule has 16 heteroatoms. The molecule has 36 heavy (non-hydrogen) atoms. The number of hydrogen-bond donors (Lipinski definition) is 2.